The fourth-order valence-electron chi connectivity index (χ4n) is 2.39. The van der Waals surface area contributed by atoms with E-state index in [0.717, 1.165) is 12.8 Å². The zero-order valence-corrected chi connectivity index (χ0v) is 13.3. The topological polar surface area (TPSA) is 66.5 Å². The van der Waals surface area contributed by atoms with Crippen molar-refractivity contribution in [2.24, 2.45) is 0 Å². The highest BCUT2D eigenvalue weighted by atomic mass is 32.2. The number of benzene rings is 1. The zero-order chi connectivity index (χ0) is 15.5. The Morgan fingerprint density at radius 2 is 1.95 bits per heavy atom. The molecule has 1 aromatic carbocycles. The summed E-state index contributed by atoms with van der Waals surface area (Å²) in [7, 11) is -3.30. The van der Waals surface area contributed by atoms with Crippen molar-refractivity contribution in [3.05, 3.63) is 35.9 Å². The van der Waals surface area contributed by atoms with Gasteiger partial charge in [0.15, 0.2) is 0 Å². The van der Waals surface area contributed by atoms with Crippen LogP contribution in [0.25, 0.3) is 0 Å². The van der Waals surface area contributed by atoms with E-state index in [1.165, 1.54) is 0 Å². The van der Waals surface area contributed by atoms with Gasteiger partial charge in [-0.15, -0.1) is 0 Å². The third kappa shape index (κ3) is 4.04. The van der Waals surface area contributed by atoms with Crippen LogP contribution in [0.3, 0.4) is 0 Å². The summed E-state index contributed by atoms with van der Waals surface area (Å²) in [6.45, 7) is 4.41. The molecule has 1 aromatic rings. The Morgan fingerprint density at radius 1 is 1.29 bits per heavy atom. The minimum atomic E-state index is -3.30. The van der Waals surface area contributed by atoms with Crippen molar-refractivity contribution >= 4 is 15.9 Å². The summed E-state index contributed by atoms with van der Waals surface area (Å²) >= 11 is 0. The summed E-state index contributed by atoms with van der Waals surface area (Å²) in [5.41, 5.74) is 0.643. The van der Waals surface area contributed by atoms with E-state index in [1.807, 2.05) is 18.2 Å². The molecule has 116 valence electrons. The molecule has 1 N–H and O–H groups in total. The van der Waals surface area contributed by atoms with Crippen LogP contribution in [0.4, 0.5) is 0 Å². The molecular weight excluding hydrogens is 288 g/mol. The van der Waals surface area contributed by atoms with Crippen LogP contribution in [0, 0.1) is 0 Å². The molecule has 1 aliphatic rings. The van der Waals surface area contributed by atoms with Gasteiger partial charge < -0.3 is 4.90 Å². The molecule has 1 amide bonds. The highest BCUT2D eigenvalue weighted by Gasteiger charge is 2.28. The molecule has 0 aliphatic carbocycles. The van der Waals surface area contributed by atoms with Crippen LogP contribution in [0.2, 0.25) is 0 Å². The highest BCUT2D eigenvalue weighted by Crippen LogP contribution is 2.15. The summed E-state index contributed by atoms with van der Waals surface area (Å²) < 4.78 is 26.6. The molecule has 1 atom stereocenters. The third-order valence-electron chi connectivity index (χ3n) is 3.68. The number of carbonyl (C=O) groups excluding carboxylic acids is 1. The van der Waals surface area contributed by atoms with Gasteiger partial charge >= 0.3 is 0 Å². The highest BCUT2D eigenvalue weighted by molar-refractivity contribution is 7.90. The van der Waals surface area contributed by atoms with Gasteiger partial charge in [0.1, 0.15) is 0 Å². The van der Waals surface area contributed by atoms with Gasteiger partial charge in [-0.05, 0) is 38.8 Å². The summed E-state index contributed by atoms with van der Waals surface area (Å²) in [6.07, 6.45) is 1.58. The molecule has 0 aromatic heterocycles. The second kappa shape index (κ2) is 6.58. The molecule has 0 radical (unpaired) electrons. The number of piperidine rings is 1. The Labute approximate surface area is 126 Å². The average molecular weight is 310 g/mol. The molecule has 1 heterocycles. The van der Waals surface area contributed by atoms with E-state index in [0.29, 0.717) is 18.7 Å². The maximum Gasteiger partial charge on any atom is 0.253 e. The van der Waals surface area contributed by atoms with Gasteiger partial charge in [-0.1, -0.05) is 18.2 Å². The lowest BCUT2D eigenvalue weighted by atomic mass is 10.1. The molecule has 1 saturated heterocycles. The van der Waals surface area contributed by atoms with Crippen molar-refractivity contribution in [3.8, 4) is 0 Å². The van der Waals surface area contributed by atoms with Crippen LogP contribution in [0.15, 0.2) is 30.3 Å². The number of amides is 1. The molecule has 1 unspecified atom stereocenters. The first kappa shape index (κ1) is 16.0. The zero-order valence-electron chi connectivity index (χ0n) is 12.5. The van der Waals surface area contributed by atoms with E-state index < -0.39 is 15.3 Å². The number of rotatable bonds is 4. The predicted octanol–water partition coefficient (Wildman–Crippen LogP) is 1.62. The van der Waals surface area contributed by atoms with Gasteiger partial charge in [-0.3, -0.25) is 4.79 Å². The SMILES string of the molecule is CC(C)S(=O)(=O)NC1CCCN(C(=O)c2ccccc2)C1. The number of carbonyl (C=O) groups is 1. The van der Waals surface area contributed by atoms with Gasteiger partial charge in [-0.25, -0.2) is 13.1 Å². The first-order valence-corrected chi connectivity index (χ1v) is 8.80. The van der Waals surface area contributed by atoms with Gasteiger partial charge in [0.2, 0.25) is 10.0 Å². The third-order valence-corrected chi connectivity index (χ3v) is 5.58. The molecule has 0 spiro atoms. The second-order valence-electron chi connectivity index (χ2n) is 5.67. The van der Waals surface area contributed by atoms with Crippen LogP contribution < -0.4 is 4.72 Å². The van der Waals surface area contributed by atoms with Crippen molar-refractivity contribution in [1.29, 1.82) is 0 Å². The maximum absolute atomic E-state index is 12.4. The predicted molar refractivity (Wildman–Crippen MR) is 82.6 cm³/mol. The van der Waals surface area contributed by atoms with Crippen LogP contribution in [0.5, 0.6) is 0 Å². The number of likely N-dealkylation sites (tertiary alicyclic amines) is 1. The number of nitrogens with one attached hydrogen (secondary N) is 1. The monoisotopic (exact) mass is 310 g/mol. The van der Waals surface area contributed by atoms with E-state index in [-0.39, 0.29) is 11.9 Å². The molecule has 1 aliphatic heterocycles. The molecule has 0 saturated carbocycles. The van der Waals surface area contributed by atoms with E-state index in [9.17, 15) is 13.2 Å². The van der Waals surface area contributed by atoms with Gasteiger partial charge in [0, 0.05) is 24.7 Å². The van der Waals surface area contributed by atoms with E-state index in [1.54, 1.807) is 30.9 Å². The lowest BCUT2D eigenvalue weighted by molar-refractivity contribution is 0.0703. The van der Waals surface area contributed by atoms with Crippen LogP contribution >= 0.6 is 0 Å². The fourth-order valence-corrected chi connectivity index (χ4v) is 3.32. The van der Waals surface area contributed by atoms with Gasteiger partial charge in [0.25, 0.3) is 5.91 Å². The second-order valence-corrected chi connectivity index (χ2v) is 7.94. The van der Waals surface area contributed by atoms with E-state index in [2.05, 4.69) is 4.72 Å². The first-order chi connectivity index (χ1) is 9.90. The molecule has 1 fully saturated rings. The molecule has 0 bridgehead atoms. The first-order valence-electron chi connectivity index (χ1n) is 7.25. The molecule has 21 heavy (non-hydrogen) atoms. The van der Waals surface area contributed by atoms with Crippen molar-refractivity contribution in [3.63, 3.8) is 0 Å². The Kier molecular flexibility index (Phi) is 5.00. The van der Waals surface area contributed by atoms with E-state index in [4.69, 9.17) is 0 Å². The number of hydrogen-bond donors (Lipinski definition) is 1. The summed E-state index contributed by atoms with van der Waals surface area (Å²) in [5, 5.41) is -0.460. The van der Waals surface area contributed by atoms with Crippen molar-refractivity contribution in [1.82, 2.24) is 9.62 Å². The molecule has 2 rings (SSSR count). The average Bonchev–Trinajstić information content (AvgIpc) is 2.47. The number of hydrogen-bond acceptors (Lipinski definition) is 3. The summed E-state index contributed by atoms with van der Waals surface area (Å²) in [6, 6.07) is 8.90. The summed E-state index contributed by atoms with van der Waals surface area (Å²) in [5.74, 6) is -0.0379. The standard InChI is InChI=1S/C15H22N2O3S/c1-12(2)21(19,20)16-14-9-6-10-17(11-14)15(18)13-7-4-3-5-8-13/h3-5,7-8,12,14,16H,6,9-11H2,1-2H3. The van der Waals surface area contributed by atoms with E-state index >= 15 is 0 Å². The Balaban J connectivity index is 2.03. The molecule has 6 heteroatoms. The minimum absolute atomic E-state index is 0.0379. The van der Waals surface area contributed by atoms with Crippen molar-refractivity contribution < 1.29 is 13.2 Å². The van der Waals surface area contributed by atoms with Crippen LogP contribution in [-0.4, -0.2) is 43.6 Å². The normalized spacial score (nSPS) is 19.8. The number of sulfonamides is 1. The number of nitrogens with zero attached hydrogens (tertiary/aromatic N) is 1. The Morgan fingerprint density at radius 3 is 2.57 bits per heavy atom. The summed E-state index contributed by atoms with van der Waals surface area (Å²) in [4.78, 5) is 14.1. The quantitative estimate of drug-likeness (QED) is 0.919. The fraction of sp³-hybridized carbons (Fsp3) is 0.533. The van der Waals surface area contributed by atoms with Gasteiger partial charge in [0.05, 0.1) is 5.25 Å². The maximum atomic E-state index is 12.4. The van der Waals surface area contributed by atoms with Gasteiger partial charge in [-0.2, -0.15) is 0 Å². The largest absolute Gasteiger partial charge is 0.337 e. The van der Waals surface area contributed by atoms with Crippen molar-refractivity contribution in [2.45, 2.75) is 38.0 Å². The smallest absolute Gasteiger partial charge is 0.253 e. The lowest BCUT2D eigenvalue weighted by Crippen LogP contribution is -2.50. The lowest BCUT2D eigenvalue weighted by Gasteiger charge is -2.33. The Hall–Kier alpha value is -1.40. The van der Waals surface area contributed by atoms with Crippen LogP contribution in [0.1, 0.15) is 37.0 Å². The molecular formula is C15H22N2O3S. The minimum Gasteiger partial charge on any atom is -0.337 e. The Bertz CT molecular complexity index is 584. The van der Waals surface area contributed by atoms with Crippen LogP contribution in [-0.2, 0) is 10.0 Å². The molecule has 5 nitrogen and oxygen atoms in total. The van der Waals surface area contributed by atoms with Crippen molar-refractivity contribution in [2.75, 3.05) is 13.1 Å².